The van der Waals surface area contributed by atoms with Crippen LogP contribution in [0.4, 0.5) is 13.2 Å². The van der Waals surface area contributed by atoms with E-state index in [2.05, 4.69) is 5.10 Å². The topological polar surface area (TPSA) is 54.7 Å². The Labute approximate surface area is 83.1 Å². The number of nitrogens with zero attached hydrogens (tertiary/aromatic N) is 1. The molecule has 0 saturated heterocycles. The summed E-state index contributed by atoms with van der Waals surface area (Å²) >= 11 is 0. The van der Waals surface area contributed by atoms with Crippen molar-refractivity contribution in [1.29, 1.82) is 0 Å². The average molecular weight is 215 g/mol. The number of H-pyrrole nitrogens is 1. The van der Waals surface area contributed by atoms with E-state index in [0.29, 0.717) is 5.56 Å². The highest BCUT2D eigenvalue weighted by atomic mass is 19.4. The Kier molecular flexibility index (Phi) is 2.15. The second kappa shape index (κ2) is 3.23. The molecule has 2 rings (SSSR count). The molecule has 80 valence electrons. The first-order valence-electron chi connectivity index (χ1n) is 4.27. The van der Waals surface area contributed by atoms with Crippen molar-refractivity contribution in [3.63, 3.8) is 0 Å². The largest absolute Gasteiger partial charge is 0.433 e. The maximum Gasteiger partial charge on any atom is 0.433 e. The summed E-state index contributed by atoms with van der Waals surface area (Å²) in [4.78, 5) is 0. The van der Waals surface area contributed by atoms with E-state index in [0.717, 1.165) is 0 Å². The van der Waals surface area contributed by atoms with Gasteiger partial charge in [0.1, 0.15) is 5.69 Å². The molecule has 6 heteroatoms. The zero-order valence-electron chi connectivity index (χ0n) is 7.60. The fourth-order valence-corrected chi connectivity index (χ4v) is 1.48. The monoisotopic (exact) mass is 215 g/mol. The predicted molar refractivity (Wildman–Crippen MR) is 49.0 cm³/mol. The van der Waals surface area contributed by atoms with Gasteiger partial charge in [-0.3, -0.25) is 5.10 Å². The number of nitrogens with two attached hydrogens (primary N) is 1. The first kappa shape index (κ1) is 9.97. The molecule has 1 heterocycles. The van der Waals surface area contributed by atoms with E-state index in [4.69, 9.17) is 5.73 Å². The summed E-state index contributed by atoms with van der Waals surface area (Å²) in [6.07, 6.45) is -4.41. The van der Waals surface area contributed by atoms with E-state index in [1.165, 1.54) is 12.1 Å². The van der Waals surface area contributed by atoms with Crippen LogP contribution < -0.4 is 5.73 Å². The molecule has 2 aromatic rings. The van der Waals surface area contributed by atoms with Gasteiger partial charge in [-0.2, -0.15) is 18.3 Å². The van der Waals surface area contributed by atoms with Gasteiger partial charge in [0, 0.05) is 11.9 Å². The van der Waals surface area contributed by atoms with E-state index < -0.39 is 11.9 Å². The number of hydrogen-bond acceptors (Lipinski definition) is 2. The Bertz CT molecular complexity index is 487. The Morgan fingerprint density at radius 3 is 2.67 bits per heavy atom. The molecule has 0 fully saturated rings. The van der Waals surface area contributed by atoms with Crippen molar-refractivity contribution in [1.82, 2.24) is 10.2 Å². The van der Waals surface area contributed by atoms with Gasteiger partial charge in [-0.25, -0.2) is 0 Å². The molecule has 0 saturated carbocycles. The number of hydrogen-bond donors (Lipinski definition) is 2. The second-order valence-electron chi connectivity index (χ2n) is 3.11. The molecule has 0 unspecified atom stereocenters. The third-order valence-electron chi connectivity index (χ3n) is 2.17. The number of nitrogens with one attached hydrogen (secondary N) is 1. The van der Waals surface area contributed by atoms with Gasteiger partial charge < -0.3 is 5.73 Å². The van der Waals surface area contributed by atoms with Crippen LogP contribution in [0.2, 0.25) is 0 Å². The van der Waals surface area contributed by atoms with Gasteiger partial charge in [0.25, 0.3) is 0 Å². The van der Waals surface area contributed by atoms with E-state index in [1.807, 2.05) is 5.10 Å². The Hall–Kier alpha value is -1.56. The molecule has 0 radical (unpaired) electrons. The fourth-order valence-electron chi connectivity index (χ4n) is 1.48. The van der Waals surface area contributed by atoms with Crippen molar-refractivity contribution >= 4 is 10.9 Å². The van der Waals surface area contributed by atoms with Crippen molar-refractivity contribution in [2.75, 3.05) is 0 Å². The van der Waals surface area contributed by atoms with E-state index in [-0.39, 0.29) is 17.4 Å². The van der Waals surface area contributed by atoms with Crippen molar-refractivity contribution in [3.8, 4) is 0 Å². The molecule has 3 nitrogen and oxygen atoms in total. The second-order valence-corrected chi connectivity index (χ2v) is 3.11. The van der Waals surface area contributed by atoms with E-state index in [9.17, 15) is 13.2 Å². The summed E-state index contributed by atoms with van der Waals surface area (Å²) in [5.41, 5.74) is 5.45. The number of fused-ring (bicyclic) bond motifs is 1. The highest BCUT2D eigenvalue weighted by Gasteiger charge is 2.35. The van der Waals surface area contributed by atoms with Crippen LogP contribution in [0.5, 0.6) is 0 Å². The number of alkyl halides is 3. The summed E-state index contributed by atoms with van der Waals surface area (Å²) in [6.45, 7) is 0.166. The van der Waals surface area contributed by atoms with Gasteiger partial charge in [0.2, 0.25) is 0 Å². The molecule has 0 aliphatic heterocycles. The lowest BCUT2D eigenvalue weighted by molar-refractivity contribution is -0.139. The van der Waals surface area contributed by atoms with Gasteiger partial charge >= 0.3 is 6.18 Å². The number of halogens is 3. The standard InChI is InChI=1S/C9H8F3N3/c10-9(11,12)8-6-3-1-2-5(4-13)7(6)14-15-8/h1-3H,4,13H2,(H,14,15). The van der Waals surface area contributed by atoms with Crippen LogP contribution >= 0.6 is 0 Å². The first-order valence-corrected chi connectivity index (χ1v) is 4.27. The summed E-state index contributed by atoms with van der Waals surface area (Å²) in [7, 11) is 0. The normalized spacial score (nSPS) is 12.3. The number of rotatable bonds is 1. The third kappa shape index (κ3) is 1.56. The molecule has 3 N–H and O–H groups in total. The van der Waals surface area contributed by atoms with Crippen molar-refractivity contribution in [3.05, 3.63) is 29.5 Å². The van der Waals surface area contributed by atoms with Gasteiger partial charge in [-0.05, 0) is 5.56 Å². The Balaban J connectivity index is 2.72. The lowest BCUT2D eigenvalue weighted by Gasteiger charge is -2.03. The Morgan fingerprint density at radius 2 is 2.07 bits per heavy atom. The van der Waals surface area contributed by atoms with E-state index in [1.54, 1.807) is 6.07 Å². The van der Waals surface area contributed by atoms with Crippen molar-refractivity contribution in [2.45, 2.75) is 12.7 Å². The molecule has 1 aromatic carbocycles. The number of aromatic nitrogens is 2. The zero-order valence-corrected chi connectivity index (χ0v) is 7.60. The predicted octanol–water partition coefficient (Wildman–Crippen LogP) is 2.04. The molecular weight excluding hydrogens is 207 g/mol. The highest BCUT2D eigenvalue weighted by Crippen LogP contribution is 2.33. The maximum absolute atomic E-state index is 12.5. The molecule has 1 aromatic heterocycles. The molecule has 15 heavy (non-hydrogen) atoms. The minimum absolute atomic E-state index is 0.0606. The van der Waals surface area contributed by atoms with Gasteiger partial charge in [0.15, 0.2) is 0 Å². The number of benzene rings is 1. The molecule has 0 amide bonds. The van der Waals surface area contributed by atoms with Crippen LogP contribution in [0.25, 0.3) is 10.9 Å². The summed E-state index contributed by atoms with van der Waals surface area (Å²) < 4.78 is 37.5. The molecule has 0 aliphatic rings. The molecule has 0 spiro atoms. The zero-order chi connectivity index (χ0) is 11.1. The van der Waals surface area contributed by atoms with E-state index >= 15 is 0 Å². The van der Waals surface area contributed by atoms with Crippen LogP contribution in [0.3, 0.4) is 0 Å². The summed E-state index contributed by atoms with van der Waals surface area (Å²) in [5.74, 6) is 0. The maximum atomic E-state index is 12.5. The van der Waals surface area contributed by atoms with Crippen LogP contribution in [0.1, 0.15) is 11.3 Å². The minimum atomic E-state index is -4.41. The van der Waals surface area contributed by atoms with Crippen molar-refractivity contribution < 1.29 is 13.2 Å². The third-order valence-corrected chi connectivity index (χ3v) is 2.17. The summed E-state index contributed by atoms with van der Waals surface area (Å²) in [5, 5.41) is 5.69. The summed E-state index contributed by atoms with van der Waals surface area (Å²) in [6, 6.07) is 4.57. The SMILES string of the molecule is NCc1cccc2c(C(F)(F)F)[nH]nc12. The molecular formula is C9H8F3N3. The van der Waals surface area contributed by atoms with Gasteiger partial charge in [-0.15, -0.1) is 0 Å². The van der Waals surface area contributed by atoms with Crippen LogP contribution in [-0.4, -0.2) is 10.2 Å². The highest BCUT2D eigenvalue weighted by molar-refractivity contribution is 5.84. The minimum Gasteiger partial charge on any atom is -0.326 e. The lowest BCUT2D eigenvalue weighted by Crippen LogP contribution is -2.05. The van der Waals surface area contributed by atoms with Crippen molar-refractivity contribution in [2.24, 2.45) is 5.73 Å². The van der Waals surface area contributed by atoms with Gasteiger partial charge in [-0.1, -0.05) is 18.2 Å². The van der Waals surface area contributed by atoms with Crippen LogP contribution in [0, 0.1) is 0 Å². The molecule has 0 aliphatic carbocycles. The molecule has 0 bridgehead atoms. The molecule has 0 atom stereocenters. The fraction of sp³-hybridized carbons (Fsp3) is 0.222. The number of para-hydroxylation sites is 1. The van der Waals surface area contributed by atoms with Gasteiger partial charge in [0.05, 0.1) is 5.52 Å². The van der Waals surface area contributed by atoms with Crippen LogP contribution in [0.15, 0.2) is 18.2 Å². The lowest BCUT2D eigenvalue weighted by atomic mass is 10.1. The Morgan fingerprint density at radius 1 is 1.33 bits per heavy atom. The first-order chi connectivity index (χ1) is 7.04. The smallest absolute Gasteiger partial charge is 0.326 e. The number of aromatic amines is 1. The average Bonchev–Trinajstić information content (AvgIpc) is 2.59. The quantitative estimate of drug-likeness (QED) is 0.764. The van der Waals surface area contributed by atoms with Crippen LogP contribution in [-0.2, 0) is 12.7 Å².